The molecule has 0 N–H and O–H groups in total. The van der Waals surface area contributed by atoms with Crippen LogP contribution in [0.1, 0.15) is 29.8 Å². The highest BCUT2D eigenvalue weighted by molar-refractivity contribution is 5.29. The Labute approximate surface area is 85.2 Å². The first-order valence-electron chi connectivity index (χ1n) is 5.25. The number of hydrogen-bond acceptors (Lipinski definition) is 1. The molecule has 1 aliphatic carbocycles. The molecule has 2 heteroatoms. The second kappa shape index (κ2) is 3.49. The van der Waals surface area contributed by atoms with Gasteiger partial charge in [0.05, 0.1) is 12.5 Å². The molecule has 1 heterocycles. The van der Waals surface area contributed by atoms with Gasteiger partial charge >= 0.3 is 0 Å². The average Bonchev–Trinajstić information content (AvgIpc) is 2.91. The maximum absolute atomic E-state index is 8.68. The number of aryl methyl sites for hydroxylation is 1. The summed E-state index contributed by atoms with van der Waals surface area (Å²) in [5.74, 6) is 0.898. The van der Waals surface area contributed by atoms with Crippen LogP contribution in [0.2, 0.25) is 0 Å². The molecule has 14 heavy (non-hydrogen) atoms. The molecule has 0 saturated heterocycles. The highest BCUT2D eigenvalue weighted by atomic mass is 15.0. The van der Waals surface area contributed by atoms with E-state index in [1.165, 1.54) is 29.8 Å². The van der Waals surface area contributed by atoms with Crippen molar-refractivity contribution in [2.75, 3.05) is 0 Å². The van der Waals surface area contributed by atoms with Crippen LogP contribution >= 0.6 is 0 Å². The maximum atomic E-state index is 8.68. The van der Waals surface area contributed by atoms with Gasteiger partial charge in [0, 0.05) is 17.9 Å². The van der Waals surface area contributed by atoms with Crippen molar-refractivity contribution in [2.45, 2.75) is 39.7 Å². The van der Waals surface area contributed by atoms with Gasteiger partial charge in [0.25, 0.3) is 0 Å². The molecule has 2 rings (SSSR count). The molecule has 0 amide bonds. The van der Waals surface area contributed by atoms with Gasteiger partial charge in [-0.1, -0.05) is 0 Å². The van der Waals surface area contributed by atoms with Gasteiger partial charge in [-0.3, -0.25) is 0 Å². The van der Waals surface area contributed by atoms with Gasteiger partial charge in [0.15, 0.2) is 0 Å². The largest absolute Gasteiger partial charge is 0.349 e. The van der Waals surface area contributed by atoms with E-state index in [1.807, 2.05) is 0 Å². The van der Waals surface area contributed by atoms with Crippen molar-refractivity contribution < 1.29 is 0 Å². The number of rotatable bonds is 3. The maximum Gasteiger partial charge on any atom is 0.0670 e. The van der Waals surface area contributed by atoms with Crippen molar-refractivity contribution >= 4 is 0 Å². The zero-order chi connectivity index (χ0) is 10.1. The molecular weight excluding hydrogens is 172 g/mol. The van der Waals surface area contributed by atoms with Crippen molar-refractivity contribution in [3.63, 3.8) is 0 Å². The summed E-state index contributed by atoms with van der Waals surface area (Å²) in [6.07, 6.45) is 3.31. The Bertz CT molecular complexity index is 378. The quantitative estimate of drug-likeness (QED) is 0.716. The molecule has 0 radical (unpaired) electrons. The summed E-state index contributed by atoms with van der Waals surface area (Å²) in [5.41, 5.74) is 3.79. The second-order valence-electron chi connectivity index (χ2n) is 4.29. The zero-order valence-corrected chi connectivity index (χ0v) is 8.88. The van der Waals surface area contributed by atoms with Crippen LogP contribution < -0.4 is 0 Å². The summed E-state index contributed by atoms with van der Waals surface area (Å²) < 4.78 is 2.37. The fourth-order valence-corrected chi connectivity index (χ4v) is 1.98. The molecule has 0 bridgehead atoms. The van der Waals surface area contributed by atoms with E-state index in [0.717, 1.165) is 12.5 Å². The molecular formula is C12H16N2. The molecule has 1 fully saturated rings. The highest BCUT2D eigenvalue weighted by Crippen LogP contribution is 2.32. The van der Waals surface area contributed by atoms with Gasteiger partial charge in [-0.2, -0.15) is 5.26 Å². The highest BCUT2D eigenvalue weighted by Gasteiger charge is 2.23. The lowest BCUT2D eigenvalue weighted by atomic mass is 10.2. The Kier molecular flexibility index (Phi) is 2.33. The lowest BCUT2D eigenvalue weighted by molar-refractivity contribution is 0.601. The van der Waals surface area contributed by atoms with E-state index in [1.54, 1.807) is 0 Å². The molecule has 1 saturated carbocycles. The Morgan fingerprint density at radius 2 is 2.21 bits per heavy atom. The van der Waals surface area contributed by atoms with E-state index < -0.39 is 0 Å². The number of hydrogen-bond donors (Lipinski definition) is 0. The molecule has 0 aliphatic heterocycles. The normalized spacial score (nSPS) is 15.5. The Morgan fingerprint density at radius 1 is 1.50 bits per heavy atom. The first-order chi connectivity index (χ1) is 6.72. The number of nitriles is 1. The minimum absolute atomic E-state index is 0.546. The first-order valence-corrected chi connectivity index (χ1v) is 5.25. The van der Waals surface area contributed by atoms with Gasteiger partial charge in [-0.05, 0) is 44.2 Å². The van der Waals surface area contributed by atoms with Crippen LogP contribution in [0.5, 0.6) is 0 Å². The summed E-state index contributed by atoms with van der Waals surface area (Å²) in [7, 11) is 0. The third kappa shape index (κ3) is 1.68. The van der Waals surface area contributed by atoms with Crippen LogP contribution in [0.3, 0.4) is 0 Å². The summed E-state index contributed by atoms with van der Waals surface area (Å²) in [4.78, 5) is 0. The zero-order valence-electron chi connectivity index (χ0n) is 8.88. The molecule has 0 spiro atoms. The lowest BCUT2D eigenvalue weighted by Gasteiger charge is -2.07. The van der Waals surface area contributed by atoms with Gasteiger partial charge in [-0.15, -0.1) is 0 Å². The predicted octanol–water partition coefficient (Wildman–Crippen LogP) is 2.58. The smallest absolute Gasteiger partial charge is 0.0670 e. The van der Waals surface area contributed by atoms with Crippen molar-refractivity contribution in [1.29, 1.82) is 5.26 Å². The average molecular weight is 188 g/mol. The SMILES string of the molecule is Cc1cc(CC#N)c(C)n1CC1CC1. The van der Waals surface area contributed by atoms with Crippen LogP contribution in [-0.4, -0.2) is 4.57 Å². The van der Waals surface area contributed by atoms with Crippen molar-refractivity contribution in [3.8, 4) is 6.07 Å². The van der Waals surface area contributed by atoms with Crippen LogP contribution in [0.25, 0.3) is 0 Å². The van der Waals surface area contributed by atoms with Gasteiger partial charge < -0.3 is 4.57 Å². The molecule has 1 aromatic heterocycles. The molecule has 0 unspecified atom stereocenters. The third-order valence-electron chi connectivity index (χ3n) is 3.09. The van der Waals surface area contributed by atoms with E-state index >= 15 is 0 Å². The topological polar surface area (TPSA) is 28.7 Å². The van der Waals surface area contributed by atoms with E-state index in [0.29, 0.717) is 6.42 Å². The number of nitrogens with zero attached hydrogens (tertiary/aromatic N) is 2. The van der Waals surface area contributed by atoms with Crippen LogP contribution in [0.15, 0.2) is 6.07 Å². The van der Waals surface area contributed by atoms with E-state index in [9.17, 15) is 0 Å². The molecule has 74 valence electrons. The summed E-state index contributed by atoms with van der Waals surface area (Å²) in [5, 5.41) is 8.68. The molecule has 2 nitrogen and oxygen atoms in total. The Morgan fingerprint density at radius 3 is 2.79 bits per heavy atom. The second-order valence-corrected chi connectivity index (χ2v) is 4.29. The molecule has 0 atom stereocenters. The molecule has 1 aromatic rings. The predicted molar refractivity (Wildman–Crippen MR) is 55.9 cm³/mol. The standard InChI is InChI=1S/C12H16N2/c1-9-7-12(5-6-13)10(2)14(9)8-11-3-4-11/h7,11H,3-5,8H2,1-2H3. The first kappa shape index (κ1) is 9.33. The van der Waals surface area contributed by atoms with Crippen LogP contribution in [0.4, 0.5) is 0 Å². The summed E-state index contributed by atoms with van der Waals surface area (Å²) in [6.45, 7) is 5.42. The summed E-state index contributed by atoms with van der Waals surface area (Å²) in [6, 6.07) is 4.37. The van der Waals surface area contributed by atoms with Crippen LogP contribution in [0, 0.1) is 31.1 Å². The van der Waals surface area contributed by atoms with Crippen molar-refractivity contribution in [3.05, 3.63) is 23.0 Å². The Hall–Kier alpha value is -1.23. The van der Waals surface area contributed by atoms with Gasteiger partial charge in [0.1, 0.15) is 0 Å². The fourth-order valence-electron chi connectivity index (χ4n) is 1.98. The van der Waals surface area contributed by atoms with E-state index in [2.05, 4.69) is 30.6 Å². The lowest BCUT2D eigenvalue weighted by Crippen LogP contribution is -2.04. The van der Waals surface area contributed by atoms with E-state index in [-0.39, 0.29) is 0 Å². The van der Waals surface area contributed by atoms with Crippen molar-refractivity contribution in [1.82, 2.24) is 4.57 Å². The van der Waals surface area contributed by atoms with Gasteiger partial charge in [0.2, 0.25) is 0 Å². The minimum atomic E-state index is 0.546. The monoisotopic (exact) mass is 188 g/mol. The third-order valence-corrected chi connectivity index (χ3v) is 3.09. The van der Waals surface area contributed by atoms with Crippen LogP contribution in [-0.2, 0) is 13.0 Å². The summed E-state index contributed by atoms with van der Waals surface area (Å²) >= 11 is 0. The van der Waals surface area contributed by atoms with E-state index in [4.69, 9.17) is 5.26 Å². The Balaban J connectivity index is 2.24. The van der Waals surface area contributed by atoms with Gasteiger partial charge in [-0.25, -0.2) is 0 Å². The molecule has 1 aliphatic rings. The van der Waals surface area contributed by atoms with Crippen molar-refractivity contribution in [2.24, 2.45) is 5.92 Å². The molecule has 0 aromatic carbocycles. The minimum Gasteiger partial charge on any atom is -0.349 e. The fraction of sp³-hybridized carbons (Fsp3) is 0.583. The number of aromatic nitrogens is 1.